The molecule has 0 aromatic heterocycles. The van der Waals surface area contributed by atoms with Crippen LogP contribution in [0.4, 0.5) is 4.39 Å². The van der Waals surface area contributed by atoms with Crippen LogP contribution >= 0.6 is 11.6 Å². The van der Waals surface area contributed by atoms with E-state index in [-0.39, 0.29) is 24.8 Å². The van der Waals surface area contributed by atoms with E-state index in [1.165, 1.54) is 11.0 Å². The van der Waals surface area contributed by atoms with E-state index in [9.17, 15) is 14.0 Å². The van der Waals surface area contributed by atoms with Crippen molar-refractivity contribution in [1.82, 2.24) is 10.2 Å². The molecule has 0 bridgehead atoms. The number of rotatable bonds is 9. The number of benzene rings is 3. The zero-order valence-corrected chi connectivity index (χ0v) is 18.7. The zero-order chi connectivity index (χ0) is 22.9. The molecule has 2 amide bonds. The summed E-state index contributed by atoms with van der Waals surface area (Å²) in [5.74, 6) is -1.02. The van der Waals surface area contributed by atoms with Crippen molar-refractivity contribution in [2.75, 3.05) is 6.54 Å². The molecule has 1 N–H and O–H groups in total. The molecule has 0 aliphatic carbocycles. The first kappa shape index (κ1) is 23.5. The van der Waals surface area contributed by atoms with Gasteiger partial charge in [0.15, 0.2) is 0 Å². The molecule has 1 atom stereocenters. The third-order valence-corrected chi connectivity index (χ3v) is 5.40. The quantitative estimate of drug-likeness (QED) is 0.507. The van der Waals surface area contributed by atoms with E-state index in [2.05, 4.69) is 5.32 Å². The highest BCUT2D eigenvalue weighted by atomic mass is 35.5. The first-order valence-corrected chi connectivity index (χ1v) is 10.9. The van der Waals surface area contributed by atoms with Crippen LogP contribution in [0.15, 0.2) is 78.9 Å². The summed E-state index contributed by atoms with van der Waals surface area (Å²) < 4.78 is 14.3. The summed E-state index contributed by atoms with van der Waals surface area (Å²) in [6.07, 6.45) is 0.203. The second kappa shape index (κ2) is 11.4. The van der Waals surface area contributed by atoms with Gasteiger partial charge in [-0.2, -0.15) is 0 Å². The molecule has 0 unspecified atom stereocenters. The fourth-order valence-electron chi connectivity index (χ4n) is 3.58. The van der Waals surface area contributed by atoms with Crippen LogP contribution in [0.25, 0.3) is 0 Å². The molecule has 0 aliphatic heterocycles. The number of hydrogen-bond acceptors (Lipinski definition) is 2. The van der Waals surface area contributed by atoms with Gasteiger partial charge in [-0.05, 0) is 41.8 Å². The first-order valence-electron chi connectivity index (χ1n) is 10.6. The lowest BCUT2D eigenvalue weighted by Gasteiger charge is -2.31. The lowest BCUT2D eigenvalue weighted by Crippen LogP contribution is -2.51. The monoisotopic (exact) mass is 452 g/mol. The Morgan fingerprint density at radius 1 is 0.969 bits per heavy atom. The number of halogens is 2. The number of carbonyl (C=O) groups excluding carboxylic acids is 2. The van der Waals surface area contributed by atoms with Gasteiger partial charge in [-0.3, -0.25) is 9.59 Å². The number of likely N-dealkylation sites (N-methyl/N-ethyl adjacent to an activating group) is 1. The summed E-state index contributed by atoms with van der Waals surface area (Å²) in [7, 11) is 0. The van der Waals surface area contributed by atoms with Crippen LogP contribution in [0, 0.1) is 5.82 Å². The third-order valence-electron chi connectivity index (χ3n) is 5.16. The van der Waals surface area contributed by atoms with Crippen LogP contribution in [-0.4, -0.2) is 29.3 Å². The number of amides is 2. The molecule has 3 aromatic carbocycles. The highest BCUT2D eigenvalue weighted by Gasteiger charge is 2.30. The van der Waals surface area contributed by atoms with Crippen molar-refractivity contribution in [1.29, 1.82) is 0 Å². The maximum Gasteiger partial charge on any atom is 0.243 e. The van der Waals surface area contributed by atoms with Gasteiger partial charge in [0.2, 0.25) is 11.8 Å². The van der Waals surface area contributed by atoms with E-state index in [0.717, 1.165) is 11.1 Å². The SMILES string of the molecule is CCNC(=O)[C@@H](Cc1ccccc1)N(Cc1cccc(Cl)c1)C(=O)Cc1ccccc1F. The molecule has 0 aliphatic rings. The van der Waals surface area contributed by atoms with Gasteiger partial charge >= 0.3 is 0 Å². The van der Waals surface area contributed by atoms with Gasteiger partial charge in [-0.25, -0.2) is 4.39 Å². The van der Waals surface area contributed by atoms with Gasteiger partial charge in [0, 0.05) is 24.5 Å². The Kier molecular flexibility index (Phi) is 8.40. The minimum atomic E-state index is -0.754. The van der Waals surface area contributed by atoms with Crippen molar-refractivity contribution in [2.45, 2.75) is 32.4 Å². The molecule has 0 radical (unpaired) electrons. The van der Waals surface area contributed by atoms with Crippen molar-refractivity contribution in [3.63, 3.8) is 0 Å². The Hall–Kier alpha value is -3.18. The molecule has 0 spiro atoms. The molecule has 32 heavy (non-hydrogen) atoms. The molecular weight excluding hydrogens is 427 g/mol. The fourth-order valence-corrected chi connectivity index (χ4v) is 3.80. The summed E-state index contributed by atoms with van der Waals surface area (Å²) in [6, 6.07) is 22.1. The van der Waals surface area contributed by atoms with E-state index in [1.807, 2.05) is 43.3 Å². The summed E-state index contributed by atoms with van der Waals surface area (Å²) in [6.45, 7) is 2.46. The van der Waals surface area contributed by atoms with Crippen LogP contribution in [0.5, 0.6) is 0 Å². The normalized spacial score (nSPS) is 11.6. The van der Waals surface area contributed by atoms with Crippen LogP contribution in [0.3, 0.4) is 0 Å². The predicted molar refractivity (Wildman–Crippen MR) is 125 cm³/mol. The minimum Gasteiger partial charge on any atom is -0.355 e. The number of nitrogens with one attached hydrogen (secondary N) is 1. The van der Waals surface area contributed by atoms with Crippen molar-refractivity contribution >= 4 is 23.4 Å². The molecule has 0 saturated carbocycles. The average Bonchev–Trinajstić information content (AvgIpc) is 2.78. The van der Waals surface area contributed by atoms with Crippen LogP contribution in [0.2, 0.25) is 5.02 Å². The van der Waals surface area contributed by atoms with Crippen LogP contribution < -0.4 is 5.32 Å². The molecule has 4 nitrogen and oxygen atoms in total. The molecule has 166 valence electrons. The Morgan fingerprint density at radius 3 is 2.34 bits per heavy atom. The number of nitrogens with zero attached hydrogens (tertiary/aromatic N) is 1. The van der Waals surface area contributed by atoms with Gasteiger partial charge in [0.25, 0.3) is 0 Å². The maximum atomic E-state index is 14.3. The lowest BCUT2D eigenvalue weighted by molar-refractivity contribution is -0.140. The van der Waals surface area contributed by atoms with Crippen LogP contribution in [0.1, 0.15) is 23.6 Å². The molecule has 3 aromatic rings. The molecular formula is C26H26ClFN2O2. The third kappa shape index (κ3) is 6.41. The van der Waals surface area contributed by atoms with Crippen LogP contribution in [-0.2, 0) is 29.0 Å². The van der Waals surface area contributed by atoms with E-state index >= 15 is 0 Å². The van der Waals surface area contributed by atoms with Crippen molar-refractivity contribution in [3.05, 3.63) is 106 Å². The van der Waals surface area contributed by atoms with Crippen molar-refractivity contribution in [2.24, 2.45) is 0 Å². The van der Waals surface area contributed by atoms with Gasteiger partial charge in [0.1, 0.15) is 11.9 Å². The zero-order valence-electron chi connectivity index (χ0n) is 17.9. The summed E-state index contributed by atoms with van der Waals surface area (Å²) in [5, 5.41) is 3.38. The second-order valence-electron chi connectivity index (χ2n) is 7.52. The standard InChI is InChI=1S/C26H26ClFN2O2/c1-2-29-26(32)24(16-19-9-4-3-5-10-19)30(18-20-11-8-13-22(27)15-20)25(31)17-21-12-6-7-14-23(21)28/h3-15,24H,2,16-18H2,1H3,(H,29,32)/t24-/m1/s1. The minimum absolute atomic E-state index is 0.141. The molecule has 0 fully saturated rings. The highest BCUT2D eigenvalue weighted by Crippen LogP contribution is 2.19. The van der Waals surface area contributed by atoms with Crippen molar-refractivity contribution < 1.29 is 14.0 Å². The van der Waals surface area contributed by atoms with Gasteiger partial charge in [-0.1, -0.05) is 72.3 Å². The van der Waals surface area contributed by atoms with Gasteiger partial charge in [-0.15, -0.1) is 0 Å². The summed E-state index contributed by atoms with van der Waals surface area (Å²) in [4.78, 5) is 28.0. The highest BCUT2D eigenvalue weighted by molar-refractivity contribution is 6.30. The van der Waals surface area contributed by atoms with E-state index in [4.69, 9.17) is 11.6 Å². The summed E-state index contributed by atoms with van der Waals surface area (Å²) in [5.41, 5.74) is 2.02. The first-order chi connectivity index (χ1) is 15.5. The molecule has 0 heterocycles. The lowest BCUT2D eigenvalue weighted by atomic mass is 10.0. The van der Waals surface area contributed by atoms with Crippen molar-refractivity contribution in [3.8, 4) is 0 Å². The second-order valence-corrected chi connectivity index (χ2v) is 7.96. The average molecular weight is 453 g/mol. The smallest absolute Gasteiger partial charge is 0.243 e. The summed E-state index contributed by atoms with van der Waals surface area (Å²) >= 11 is 6.15. The number of carbonyl (C=O) groups is 2. The van der Waals surface area contributed by atoms with E-state index in [1.54, 1.807) is 36.4 Å². The Balaban J connectivity index is 1.96. The fraction of sp³-hybridized carbons (Fsp3) is 0.231. The molecule has 6 heteroatoms. The Labute approximate surface area is 193 Å². The van der Waals surface area contributed by atoms with E-state index < -0.39 is 11.9 Å². The van der Waals surface area contributed by atoms with Gasteiger partial charge < -0.3 is 10.2 Å². The largest absolute Gasteiger partial charge is 0.355 e. The predicted octanol–water partition coefficient (Wildman–Crippen LogP) is 4.80. The molecule has 3 rings (SSSR count). The Morgan fingerprint density at radius 2 is 1.66 bits per heavy atom. The Bertz CT molecular complexity index is 1060. The number of hydrogen-bond donors (Lipinski definition) is 1. The topological polar surface area (TPSA) is 49.4 Å². The van der Waals surface area contributed by atoms with E-state index in [0.29, 0.717) is 23.6 Å². The molecule has 0 saturated heterocycles. The van der Waals surface area contributed by atoms with Gasteiger partial charge in [0.05, 0.1) is 6.42 Å². The maximum absolute atomic E-state index is 14.3.